The number of hydrogen-bond donors (Lipinski definition) is 1. The number of carbonyl (C=O) groups excluding carboxylic acids is 1. The van der Waals surface area contributed by atoms with Crippen LogP contribution in [0.15, 0.2) is 65.3 Å². The van der Waals surface area contributed by atoms with E-state index in [1.807, 2.05) is 11.0 Å². The lowest BCUT2D eigenvalue weighted by Crippen LogP contribution is -2.35. The molecular weight excluding hydrogens is 389 g/mol. The molecule has 0 spiro atoms. The summed E-state index contributed by atoms with van der Waals surface area (Å²) in [6.07, 6.45) is 1.53. The van der Waals surface area contributed by atoms with E-state index < -0.39 is 6.10 Å². The Hall–Kier alpha value is -3.16. The first kappa shape index (κ1) is 21.5. The molecular formula is C23H24FNO5. The summed E-state index contributed by atoms with van der Waals surface area (Å²) in [5.41, 5.74) is 1.39. The molecule has 0 amide bonds. The molecule has 1 aromatic heterocycles. The van der Waals surface area contributed by atoms with Crippen molar-refractivity contribution in [2.45, 2.75) is 19.2 Å². The molecule has 0 bridgehead atoms. The minimum absolute atomic E-state index is 0.0366. The Morgan fingerprint density at radius 3 is 2.60 bits per heavy atom. The van der Waals surface area contributed by atoms with Gasteiger partial charge in [-0.15, -0.1) is 0 Å². The van der Waals surface area contributed by atoms with Crippen LogP contribution < -0.4 is 9.47 Å². The van der Waals surface area contributed by atoms with Crippen LogP contribution in [0, 0.1) is 5.82 Å². The second-order valence-corrected chi connectivity index (χ2v) is 6.87. The predicted octanol–water partition coefficient (Wildman–Crippen LogP) is 3.68. The van der Waals surface area contributed by atoms with E-state index in [0.29, 0.717) is 36.7 Å². The SMILES string of the molecule is COc1cc(C=O)ccc1OCC(O)CN(Cc1ccc(F)cc1)Cc1ccco1. The van der Waals surface area contributed by atoms with Gasteiger partial charge in [0.25, 0.3) is 0 Å². The van der Waals surface area contributed by atoms with Crippen LogP contribution in [0.5, 0.6) is 11.5 Å². The van der Waals surface area contributed by atoms with E-state index in [-0.39, 0.29) is 12.4 Å². The molecule has 158 valence electrons. The maximum absolute atomic E-state index is 13.2. The Bertz CT molecular complexity index is 927. The van der Waals surface area contributed by atoms with Crippen molar-refractivity contribution in [2.24, 2.45) is 0 Å². The zero-order chi connectivity index (χ0) is 21.3. The Morgan fingerprint density at radius 1 is 1.13 bits per heavy atom. The maximum atomic E-state index is 13.2. The van der Waals surface area contributed by atoms with Gasteiger partial charge in [-0.25, -0.2) is 4.39 Å². The first-order valence-electron chi connectivity index (χ1n) is 9.50. The van der Waals surface area contributed by atoms with Crippen LogP contribution in [0.25, 0.3) is 0 Å². The van der Waals surface area contributed by atoms with Gasteiger partial charge in [0.15, 0.2) is 11.5 Å². The number of benzene rings is 2. The smallest absolute Gasteiger partial charge is 0.161 e. The predicted molar refractivity (Wildman–Crippen MR) is 109 cm³/mol. The average molecular weight is 413 g/mol. The second-order valence-electron chi connectivity index (χ2n) is 6.87. The maximum Gasteiger partial charge on any atom is 0.161 e. The summed E-state index contributed by atoms with van der Waals surface area (Å²) in [6, 6.07) is 14.8. The van der Waals surface area contributed by atoms with Gasteiger partial charge < -0.3 is 19.0 Å². The molecule has 6 nitrogen and oxygen atoms in total. The van der Waals surface area contributed by atoms with Gasteiger partial charge in [-0.3, -0.25) is 9.69 Å². The molecule has 2 aromatic carbocycles. The van der Waals surface area contributed by atoms with Crippen molar-refractivity contribution < 1.29 is 28.2 Å². The molecule has 0 radical (unpaired) electrons. The van der Waals surface area contributed by atoms with E-state index in [0.717, 1.165) is 17.6 Å². The number of methoxy groups -OCH3 is 1. The zero-order valence-electron chi connectivity index (χ0n) is 16.7. The molecule has 0 saturated heterocycles. The third kappa shape index (κ3) is 6.17. The molecule has 1 N–H and O–H groups in total. The van der Waals surface area contributed by atoms with E-state index in [1.54, 1.807) is 42.7 Å². The highest BCUT2D eigenvalue weighted by Crippen LogP contribution is 2.27. The lowest BCUT2D eigenvalue weighted by Gasteiger charge is -2.24. The number of carbonyl (C=O) groups is 1. The zero-order valence-corrected chi connectivity index (χ0v) is 16.7. The monoisotopic (exact) mass is 413 g/mol. The number of aliphatic hydroxyl groups excluding tert-OH is 1. The van der Waals surface area contributed by atoms with Crippen LogP contribution in [-0.4, -0.2) is 42.7 Å². The summed E-state index contributed by atoms with van der Waals surface area (Å²) >= 11 is 0. The highest BCUT2D eigenvalue weighted by Gasteiger charge is 2.16. The third-order valence-electron chi connectivity index (χ3n) is 4.50. The number of aliphatic hydroxyl groups is 1. The summed E-state index contributed by atoms with van der Waals surface area (Å²) in [4.78, 5) is 12.9. The first-order chi connectivity index (χ1) is 14.6. The standard InChI is InChI=1S/C23H24FNO5/c1-28-23-11-18(15-26)6-9-22(23)30-16-20(27)13-25(14-21-3-2-10-29-21)12-17-4-7-19(24)8-5-17/h2-11,15,20,27H,12-14,16H2,1H3. The minimum atomic E-state index is -0.795. The highest BCUT2D eigenvalue weighted by atomic mass is 19.1. The van der Waals surface area contributed by atoms with Crippen LogP contribution in [0.4, 0.5) is 4.39 Å². The van der Waals surface area contributed by atoms with Crippen molar-refractivity contribution in [3.05, 3.63) is 83.6 Å². The molecule has 7 heteroatoms. The molecule has 0 saturated carbocycles. The van der Waals surface area contributed by atoms with Gasteiger partial charge in [0, 0.05) is 18.7 Å². The number of furan rings is 1. The van der Waals surface area contributed by atoms with Gasteiger partial charge in [0.05, 0.1) is 19.9 Å². The number of hydrogen-bond acceptors (Lipinski definition) is 6. The van der Waals surface area contributed by atoms with Crippen LogP contribution in [0.1, 0.15) is 21.7 Å². The molecule has 0 fully saturated rings. The lowest BCUT2D eigenvalue weighted by atomic mass is 10.2. The van der Waals surface area contributed by atoms with Gasteiger partial charge in [0.1, 0.15) is 30.6 Å². The fourth-order valence-electron chi connectivity index (χ4n) is 3.07. The van der Waals surface area contributed by atoms with Crippen molar-refractivity contribution in [3.63, 3.8) is 0 Å². The lowest BCUT2D eigenvalue weighted by molar-refractivity contribution is 0.0595. The fourth-order valence-corrected chi connectivity index (χ4v) is 3.07. The Labute approximate surface area is 174 Å². The van der Waals surface area contributed by atoms with Gasteiger partial charge in [0.2, 0.25) is 0 Å². The van der Waals surface area contributed by atoms with E-state index >= 15 is 0 Å². The van der Waals surface area contributed by atoms with Gasteiger partial charge in [-0.1, -0.05) is 12.1 Å². The molecule has 3 aromatic rings. The summed E-state index contributed by atoms with van der Waals surface area (Å²) in [5, 5.41) is 10.5. The molecule has 1 heterocycles. The summed E-state index contributed by atoms with van der Waals surface area (Å²) in [6.45, 7) is 1.34. The summed E-state index contributed by atoms with van der Waals surface area (Å²) in [7, 11) is 1.49. The molecule has 0 aliphatic rings. The van der Waals surface area contributed by atoms with Crippen molar-refractivity contribution in [2.75, 3.05) is 20.3 Å². The molecule has 1 unspecified atom stereocenters. The van der Waals surface area contributed by atoms with Crippen molar-refractivity contribution >= 4 is 6.29 Å². The van der Waals surface area contributed by atoms with Crippen molar-refractivity contribution in [1.82, 2.24) is 4.90 Å². The third-order valence-corrected chi connectivity index (χ3v) is 4.50. The molecule has 0 aliphatic carbocycles. The number of aldehydes is 1. The van der Waals surface area contributed by atoms with Gasteiger partial charge >= 0.3 is 0 Å². The van der Waals surface area contributed by atoms with Crippen LogP contribution >= 0.6 is 0 Å². The summed E-state index contributed by atoms with van der Waals surface area (Å²) < 4.78 is 29.6. The molecule has 0 aliphatic heterocycles. The van der Waals surface area contributed by atoms with Crippen molar-refractivity contribution in [3.8, 4) is 11.5 Å². The summed E-state index contributed by atoms with van der Waals surface area (Å²) in [5.74, 6) is 1.33. The van der Waals surface area contributed by atoms with Gasteiger partial charge in [-0.05, 0) is 48.0 Å². The number of rotatable bonds is 11. The Balaban J connectivity index is 1.63. The largest absolute Gasteiger partial charge is 0.493 e. The van der Waals surface area contributed by atoms with Crippen LogP contribution in [0.3, 0.4) is 0 Å². The van der Waals surface area contributed by atoms with Crippen LogP contribution in [-0.2, 0) is 13.1 Å². The number of ether oxygens (including phenoxy) is 2. The number of nitrogens with zero attached hydrogens (tertiary/aromatic N) is 1. The fraction of sp³-hybridized carbons (Fsp3) is 0.261. The van der Waals surface area contributed by atoms with Gasteiger partial charge in [-0.2, -0.15) is 0 Å². The van der Waals surface area contributed by atoms with E-state index in [2.05, 4.69) is 0 Å². The van der Waals surface area contributed by atoms with Crippen LogP contribution in [0.2, 0.25) is 0 Å². The number of halogens is 1. The Morgan fingerprint density at radius 2 is 1.93 bits per heavy atom. The highest BCUT2D eigenvalue weighted by molar-refractivity contribution is 5.76. The Kier molecular flexibility index (Phi) is 7.59. The average Bonchev–Trinajstić information content (AvgIpc) is 3.26. The topological polar surface area (TPSA) is 72.1 Å². The van der Waals surface area contributed by atoms with E-state index in [4.69, 9.17) is 13.9 Å². The molecule has 3 rings (SSSR count). The first-order valence-corrected chi connectivity index (χ1v) is 9.50. The molecule has 1 atom stereocenters. The van der Waals surface area contributed by atoms with E-state index in [1.165, 1.54) is 19.2 Å². The normalized spacial score (nSPS) is 12.0. The minimum Gasteiger partial charge on any atom is -0.493 e. The molecule has 30 heavy (non-hydrogen) atoms. The van der Waals surface area contributed by atoms with E-state index in [9.17, 15) is 14.3 Å². The quantitative estimate of drug-likeness (QED) is 0.484. The van der Waals surface area contributed by atoms with Crippen molar-refractivity contribution in [1.29, 1.82) is 0 Å². The second kappa shape index (κ2) is 10.6.